The summed E-state index contributed by atoms with van der Waals surface area (Å²) < 4.78 is 2.02. The molecule has 2 rings (SSSR count). The number of piperazine rings is 1. The van der Waals surface area contributed by atoms with Gasteiger partial charge >= 0.3 is 0 Å². The van der Waals surface area contributed by atoms with E-state index in [1.54, 1.807) is 6.20 Å². The van der Waals surface area contributed by atoms with Crippen molar-refractivity contribution in [3.05, 3.63) is 18.2 Å². The first-order chi connectivity index (χ1) is 9.22. The van der Waals surface area contributed by atoms with Crippen LogP contribution in [0.3, 0.4) is 0 Å². The van der Waals surface area contributed by atoms with Crippen LogP contribution < -0.4 is 10.6 Å². The van der Waals surface area contributed by atoms with Crippen LogP contribution in [0.25, 0.3) is 0 Å². The second-order valence-electron chi connectivity index (χ2n) is 4.94. The normalized spacial score (nSPS) is 20.4. The Morgan fingerprint density at radius 3 is 3.16 bits per heavy atom. The molecule has 19 heavy (non-hydrogen) atoms. The van der Waals surface area contributed by atoms with E-state index in [9.17, 15) is 4.79 Å². The summed E-state index contributed by atoms with van der Waals surface area (Å²) in [6.45, 7) is 5.88. The number of amides is 1. The molecule has 1 aliphatic heterocycles. The molecule has 1 aromatic rings. The van der Waals surface area contributed by atoms with Gasteiger partial charge in [-0.1, -0.05) is 6.92 Å². The van der Waals surface area contributed by atoms with Crippen molar-refractivity contribution in [3.8, 4) is 0 Å². The van der Waals surface area contributed by atoms with E-state index < -0.39 is 0 Å². The van der Waals surface area contributed by atoms with Gasteiger partial charge in [-0.2, -0.15) is 0 Å². The molecule has 1 fully saturated rings. The van der Waals surface area contributed by atoms with Gasteiger partial charge < -0.3 is 15.2 Å². The summed E-state index contributed by atoms with van der Waals surface area (Å²) in [7, 11) is 1.99. The van der Waals surface area contributed by atoms with Crippen LogP contribution in [0.1, 0.15) is 25.2 Å². The van der Waals surface area contributed by atoms with Gasteiger partial charge in [-0.15, -0.1) is 0 Å². The van der Waals surface area contributed by atoms with Crippen molar-refractivity contribution in [1.82, 2.24) is 25.1 Å². The van der Waals surface area contributed by atoms with Gasteiger partial charge in [-0.05, 0) is 6.42 Å². The summed E-state index contributed by atoms with van der Waals surface area (Å²) in [5.74, 6) is 1.11. The SMILES string of the molecule is CCCNC(=O)CN1CCNCC1c1nccn1C. The Kier molecular flexibility index (Phi) is 4.93. The van der Waals surface area contributed by atoms with Gasteiger partial charge in [0.2, 0.25) is 5.91 Å². The Balaban J connectivity index is 2.00. The highest BCUT2D eigenvalue weighted by Crippen LogP contribution is 2.19. The fourth-order valence-corrected chi connectivity index (χ4v) is 2.39. The number of carbonyl (C=O) groups is 1. The van der Waals surface area contributed by atoms with Gasteiger partial charge in [0, 0.05) is 45.6 Å². The van der Waals surface area contributed by atoms with E-state index >= 15 is 0 Å². The lowest BCUT2D eigenvalue weighted by atomic mass is 10.1. The average molecular weight is 265 g/mol. The predicted molar refractivity (Wildman–Crippen MR) is 73.7 cm³/mol. The van der Waals surface area contributed by atoms with E-state index in [2.05, 4.69) is 27.4 Å². The first-order valence-electron chi connectivity index (χ1n) is 6.91. The zero-order valence-electron chi connectivity index (χ0n) is 11.7. The molecular weight excluding hydrogens is 242 g/mol. The van der Waals surface area contributed by atoms with Crippen LogP contribution in [0.2, 0.25) is 0 Å². The van der Waals surface area contributed by atoms with Crippen molar-refractivity contribution < 1.29 is 4.79 Å². The Hall–Kier alpha value is -1.40. The van der Waals surface area contributed by atoms with Gasteiger partial charge in [0.15, 0.2) is 0 Å². The van der Waals surface area contributed by atoms with Crippen LogP contribution in [0.4, 0.5) is 0 Å². The molecule has 1 amide bonds. The standard InChI is InChI=1S/C13H23N5O/c1-3-4-15-12(19)10-18-8-5-14-9-11(18)13-16-6-7-17(13)2/h6-7,11,14H,3-5,8-10H2,1-2H3,(H,15,19). The molecule has 2 N–H and O–H groups in total. The van der Waals surface area contributed by atoms with Crippen molar-refractivity contribution in [2.45, 2.75) is 19.4 Å². The summed E-state index contributed by atoms with van der Waals surface area (Å²) in [5.41, 5.74) is 0. The van der Waals surface area contributed by atoms with Crippen LogP contribution >= 0.6 is 0 Å². The third-order valence-corrected chi connectivity index (χ3v) is 3.43. The number of imidazole rings is 1. The molecule has 6 nitrogen and oxygen atoms in total. The van der Waals surface area contributed by atoms with E-state index in [1.165, 1.54) is 0 Å². The van der Waals surface area contributed by atoms with Gasteiger partial charge in [0.1, 0.15) is 5.82 Å². The zero-order chi connectivity index (χ0) is 13.7. The van der Waals surface area contributed by atoms with Crippen molar-refractivity contribution in [2.75, 3.05) is 32.7 Å². The number of rotatable bonds is 5. The lowest BCUT2D eigenvalue weighted by Gasteiger charge is -2.35. The first kappa shape index (κ1) is 14.0. The van der Waals surface area contributed by atoms with E-state index in [1.807, 2.05) is 17.8 Å². The number of aryl methyl sites for hydroxylation is 1. The number of nitrogens with zero attached hydrogens (tertiary/aromatic N) is 3. The molecule has 0 aromatic carbocycles. The van der Waals surface area contributed by atoms with Gasteiger partial charge in [-0.3, -0.25) is 9.69 Å². The van der Waals surface area contributed by atoms with Gasteiger partial charge in [0.25, 0.3) is 0 Å². The maximum Gasteiger partial charge on any atom is 0.234 e. The lowest BCUT2D eigenvalue weighted by molar-refractivity contribution is -0.123. The quantitative estimate of drug-likeness (QED) is 0.780. The Morgan fingerprint density at radius 2 is 2.47 bits per heavy atom. The zero-order valence-corrected chi connectivity index (χ0v) is 11.7. The first-order valence-corrected chi connectivity index (χ1v) is 6.91. The van der Waals surface area contributed by atoms with Crippen LogP contribution in [0, 0.1) is 0 Å². The minimum Gasteiger partial charge on any atom is -0.355 e. The van der Waals surface area contributed by atoms with E-state index in [-0.39, 0.29) is 11.9 Å². The summed E-state index contributed by atoms with van der Waals surface area (Å²) in [6.07, 6.45) is 4.72. The highest BCUT2D eigenvalue weighted by Gasteiger charge is 2.27. The Morgan fingerprint density at radius 1 is 1.63 bits per heavy atom. The van der Waals surface area contributed by atoms with E-state index in [4.69, 9.17) is 0 Å². The van der Waals surface area contributed by atoms with Gasteiger partial charge in [0.05, 0.1) is 12.6 Å². The Bertz CT molecular complexity index is 417. The fraction of sp³-hybridized carbons (Fsp3) is 0.692. The lowest BCUT2D eigenvalue weighted by Crippen LogP contribution is -2.50. The summed E-state index contributed by atoms with van der Waals surface area (Å²) in [5, 5.41) is 6.30. The Labute approximate surface area is 114 Å². The molecule has 1 aromatic heterocycles. The number of carbonyl (C=O) groups excluding carboxylic acids is 1. The fourth-order valence-electron chi connectivity index (χ4n) is 2.39. The average Bonchev–Trinajstić information content (AvgIpc) is 2.83. The van der Waals surface area contributed by atoms with Gasteiger partial charge in [-0.25, -0.2) is 4.98 Å². The van der Waals surface area contributed by atoms with Crippen molar-refractivity contribution >= 4 is 5.91 Å². The maximum atomic E-state index is 11.9. The topological polar surface area (TPSA) is 62.2 Å². The number of hydrogen-bond acceptors (Lipinski definition) is 4. The second kappa shape index (κ2) is 6.68. The smallest absolute Gasteiger partial charge is 0.234 e. The van der Waals surface area contributed by atoms with Crippen molar-refractivity contribution in [3.63, 3.8) is 0 Å². The van der Waals surface area contributed by atoms with Crippen LogP contribution in [0.5, 0.6) is 0 Å². The third kappa shape index (κ3) is 3.54. The molecule has 0 saturated carbocycles. The highest BCUT2D eigenvalue weighted by molar-refractivity contribution is 5.78. The molecule has 2 heterocycles. The molecule has 1 aliphatic rings. The molecule has 0 bridgehead atoms. The van der Waals surface area contributed by atoms with E-state index in [0.717, 1.165) is 38.4 Å². The van der Waals surface area contributed by atoms with Crippen molar-refractivity contribution in [1.29, 1.82) is 0 Å². The molecule has 6 heteroatoms. The van der Waals surface area contributed by atoms with Crippen LogP contribution in [-0.4, -0.2) is 53.1 Å². The molecular formula is C13H23N5O. The number of hydrogen-bond donors (Lipinski definition) is 2. The monoisotopic (exact) mass is 265 g/mol. The number of aromatic nitrogens is 2. The third-order valence-electron chi connectivity index (χ3n) is 3.43. The maximum absolute atomic E-state index is 11.9. The second-order valence-corrected chi connectivity index (χ2v) is 4.94. The molecule has 1 atom stereocenters. The summed E-state index contributed by atoms with van der Waals surface area (Å²) in [6, 6.07) is 0.168. The largest absolute Gasteiger partial charge is 0.355 e. The molecule has 106 valence electrons. The van der Waals surface area contributed by atoms with Crippen LogP contribution in [-0.2, 0) is 11.8 Å². The molecule has 1 saturated heterocycles. The van der Waals surface area contributed by atoms with Crippen LogP contribution in [0.15, 0.2) is 12.4 Å². The molecule has 0 spiro atoms. The molecule has 0 aliphatic carbocycles. The molecule has 1 unspecified atom stereocenters. The minimum absolute atomic E-state index is 0.1000. The summed E-state index contributed by atoms with van der Waals surface area (Å²) in [4.78, 5) is 18.5. The van der Waals surface area contributed by atoms with E-state index in [0.29, 0.717) is 6.54 Å². The molecule has 0 radical (unpaired) electrons. The predicted octanol–water partition coefficient (Wildman–Crippen LogP) is -0.107. The summed E-state index contributed by atoms with van der Waals surface area (Å²) >= 11 is 0. The minimum atomic E-state index is 0.1000. The van der Waals surface area contributed by atoms with Crippen molar-refractivity contribution in [2.24, 2.45) is 7.05 Å². The number of nitrogens with one attached hydrogen (secondary N) is 2. The highest BCUT2D eigenvalue weighted by atomic mass is 16.2.